The molecule has 1 N–H and O–H groups in total. The van der Waals surface area contributed by atoms with Gasteiger partial charge in [0.1, 0.15) is 5.71 Å². The van der Waals surface area contributed by atoms with Crippen molar-refractivity contribution in [1.29, 1.82) is 5.41 Å². The molecule has 7 aromatic rings. The van der Waals surface area contributed by atoms with Crippen LogP contribution in [0.1, 0.15) is 11.1 Å². The first kappa shape index (κ1) is 25.3. The molecule has 202 valence electrons. The van der Waals surface area contributed by atoms with Crippen molar-refractivity contribution >= 4 is 63.0 Å². The zero-order valence-electron chi connectivity index (χ0n) is 22.9. The number of benzene rings is 4. The van der Waals surface area contributed by atoms with Crippen LogP contribution in [0.15, 0.2) is 126 Å². The number of nitrogens with one attached hydrogen (secondary N) is 1. The third-order valence-corrected chi connectivity index (χ3v) is 8.16. The van der Waals surface area contributed by atoms with Crippen molar-refractivity contribution in [2.45, 2.75) is 0 Å². The molecule has 0 saturated heterocycles. The molecule has 0 aliphatic heterocycles. The maximum atomic E-state index is 8.59. The Hall–Kier alpha value is -5.46. The van der Waals surface area contributed by atoms with Gasteiger partial charge in [0.15, 0.2) is 0 Å². The molecule has 0 unspecified atom stereocenters. The summed E-state index contributed by atoms with van der Waals surface area (Å²) in [6.45, 7) is 0. The lowest BCUT2D eigenvalue weighted by Gasteiger charge is -2.20. The van der Waals surface area contributed by atoms with Crippen LogP contribution in [-0.2, 0) is 0 Å². The van der Waals surface area contributed by atoms with E-state index in [-0.39, 0.29) is 0 Å². The van der Waals surface area contributed by atoms with Gasteiger partial charge in [-0.15, -0.1) is 0 Å². The molecule has 0 radical (unpaired) electrons. The van der Waals surface area contributed by atoms with Crippen LogP contribution in [0.4, 0.5) is 0 Å². The molecule has 0 atom stereocenters. The summed E-state index contributed by atoms with van der Waals surface area (Å²) in [6.07, 6.45) is 3.71. The molecule has 0 fully saturated rings. The van der Waals surface area contributed by atoms with E-state index in [2.05, 4.69) is 83.9 Å². The zero-order valence-corrected chi connectivity index (χ0v) is 23.8. The highest BCUT2D eigenvalue weighted by Crippen LogP contribution is 2.36. The van der Waals surface area contributed by atoms with Crippen LogP contribution < -0.4 is 0 Å². The molecular weight excluding hydrogens is 547 g/mol. The summed E-state index contributed by atoms with van der Waals surface area (Å²) in [5.41, 5.74) is 10.8. The SMILES string of the molecule is N=C1C=Cc2c(-c3ccccc3)nc3ccc(-c4ccc5ccc6ccc(-c7ccccc7)nc6c5n4)cc3c2/C1=N/S. The Labute approximate surface area is 253 Å². The van der Waals surface area contributed by atoms with E-state index in [0.717, 1.165) is 77.6 Å². The van der Waals surface area contributed by atoms with Gasteiger partial charge in [-0.2, -0.15) is 0 Å². The van der Waals surface area contributed by atoms with Crippen LogP contribution in [0, 0.1) is 5.41 Å². The molecule has 3 aromatic heterocycles. The van der Waals surface area contributed by atoms with E-state index < -0.39 is 0 Å². The summed E-state index contributed by atoms with van der Waals surface area (Å²) < 4.78 is 4.25. The summed E-state index contributed by atoms with van der Waals surface area (Å²) in [6, 6.07) is 39.0. The van der Waals surface area contributed by atoms with E-state index in [1.807, 2.05) is 54.6 Å². The topological polar surface area (TPSA) is 74.9 Å². The Kier molecular flexibility index (Phi) is 5.94. The fourth-order valence-corrected chi connectivity index (χ4v) is 6.06. The van der Waals surface area contributed by atoms with Crippen LogP contribution in [0.2, 0.25) is 0 Å². The molecule has 0 saturated carbocycles. The number of hydrogen-bond donors (Lipinski definition) is 2. The molecule has 5 nitrogen and oxygen atoms in total. The van der Waals surface area contributed by atoms with Gasteiger partial charge in [-0.3, -0.25) is 5.41 Å². The monoisotopic (exact) mass is 569 g/mol. The molecule has 0 amide bonds. The maximum Gasteiger partial charge on any atom is 0.104 e. The fraction of sp³-hybridized carbons (Fsp3) is 0. The highest BCUT2D eigenvalue weighted by atomic mass is 32.1. The number of rotatable bonds is 3. The number of thiol groups is 1. The van der Waals surface area contributed by atoms with Crippen LogP contribution >= 0.6 is 12.8 Å². The molecule has 0 spiro atoms. The van der Waals surface area contributed by atoms with Gasteiger partial charge in [-0.25, -0.2) is 19.3 Å². The van der Waals surface area contributed by atoms with Crippen LogP contribution in [0.25, 0.3) is 72.6 Å². The van der Waals surface area contributed by atoms with Gasteiger partial charge in [0, 0.05) is 44.0 Å². The minimum atomic E-state index is 0.315. The zero-order chi connectivity index (χ0) is 28.9. The van der Waals surface area contributed by atoms with Crippen molar-refractivity contribution in [3.8, 4) is 33.8 Å². The van der Waals surface area contributed by atoms with Crippen molar-refractivity contribution in [1.82, 2.24) is 15.0 Å². The van der Waals surface area contributed by atoms with Crippen molar-refractivity contribution in [2.75, 3.05) is 0 Å². The van der Waals surface area contributed by atoms with Gasteiger partial charge in [-0.05, 0) is 49.2 Å². The first-order valence-corrected chi connectivity index (χ1v) is 14.4. The van der Waals surface area contributed by atoms with Gasteiger partial charge >= 0.3 is 0 Å². The number of fused-ring (bicyclic) bond motifs is 6. The van der Waals surface area contributed by atoms with Crippen molar-refractivity contribution in [3.63, 3.8) is 0 Å². The molecule has 3 heterocycles. The van der Waals surface area contributed by atoms with E-state index in [1.165, 1.54) is 0 Å². The first-order chi connectivity index (χ1) is 21.2. The van der Waals surface area contributed by atoms with Crippen molar-refractivity contribution < 1.29 is 0 Å². The molecule has 6 heteroatoms. The molecule has 43 heavy (non-hydrogen) atoms. The highest BCUT2D eigenvalue weighted by Gasteiger charge is 2.24. The second-order valence-corrected chi connectivity index (χ2v) is 10.7. The average Bonchev–Trinajstić information content (AvgIpc) is 3.08. The van der Waals surface area contributed by atoms with Gasteiger partial charge in [0.2, 0.25) is 0 Å². The van der Waals surface area contributed by atoms with Gasteiger partial charge in [-0.1, -0.05) is 91.0 Å². The Morgan fingerprint density at radius 3 is 1.84 bits per heavy atom. The fourth-order valence-electron chi connectivity index (χ4n) is 5.85. The summed E-state index contributed by atoms with van der Waals surface area (Å²) in [5, 5.41) is 11.6. The lowest BCUT2D eigenvalue weighted by atomic mass is 9.87. The molecule has 0 bridgehead atoms. The number of aromatic nitrogens is 3. The van der Waals surface area contributed by atoms with Crippen molar-refractivity contribution in [2.24, 2.45) is 4.40 Å². The smallest absolute Gasteiger partial charge is 0.104 e. The lowest BCUT2D eigenvalue weighted by molar-refractivity contribution is 1.36. The quantitative estimate of drug-likeness (QED) is 0.165. The van der Waals surface area contributed by atoms with Gasteiger partial charge in [0.05, 0.1) is 39.3 Å². The number of nitrogens with zero attached hydrogens (tertiary/aromatic N) is 4. The molecule has 4 aromatic carbocycles. The molecule has 1 aliphatic rings. The number of pyridine rings is 3. The van der Waals surface area contributed by atoms with Gasteiger partial charge < -0.3 is 0 Å². The summed E-state index contributed by atoms with van der Waals surface area (Å²) in [5.74, 6) is 0. The summed E-state index contributed by atoms with van der Waals surface area (Å²) in [7, 11) is 0. The highest BCUT2D eigenvalue weighted by molar-refractivity contribution is 7.79. The predicted octanol–water partition coefficient (Wildman–Crippen LogP) is 9.01. The first-order valence-electron chi connectivity index (χ1n) is 14.0. The van der Waals surface area contributed by atoms with Crippen LogP contribution in [0.3, 0.4) is 0 Å². The largest absolute Gasteiger partial charge is 0.299 e. The second kappa shape index (κ2) is 10.1. The number of hydrogen-bond acceptors (Lipinski definition) is 6. The normalized spacial score (nSPS) is 13.7. The third-order valence-electron chi connectivity index (χ3n) is 7.96. The van der Waals surface area contributed by atoms with Crippen LogP contribution in [-0.4, -0.2) is 26.4 Å². The lowest BCUT2D eigenvalue weighted by Crippen LogP contribution is -2.18. The minimum Gasteiger partial charge on any atom is -0.299 e. The second-order valence-electron chi connectivity index (χ2n) is 10.5. The number of allylic oxidation sites excluding steroid dienone is 1. The predicted molar refractivity (Wildman–Crippen MR) is 181 cm³/mol. The van der Waals surface area contributed by atoms with Gasteiger partial charge in [0.25, 0.3) is 0 Å². The molecule has 1 aliphatic carbocycles. The Morgan fingerprint density at radius 2 is 1.19 bits per heavy atom. The summed E-state index contributed by atoms with van der Waals surface area (Å²) in [4.78, 5) is 15.3. The third kappa shape index (κ3) is 4.23. The molecule has 8 rings (SSSR count). The maximum absolute atomic E-state index is 8.59. The Morgan fingerprint density at radius 1 is 0.581 bits per heavy atom. The standard InChI is InChI=1S/C37H23N5S/c38-29-17-16-27-33(37(29)42-43)28-21-26(15-20-32(28)41-34(27)23-9-5-2-6-10-23)31-19-14-25-12-11-24-13-18-30(22-7-3-1-4-8-22)39-35(24)36(25)40-31/h1-21,38,43H/b38-29?,42-37+. The summed E-state index contributed by atoms with van der Waals surface area (Å²) >= 11 is 4.27. The van der Waals surface area contributed by atoms with E-state index in [9.17, 15) is 0 Å². The van der Waals surface area contributed by atoms with E-state index in [4.69, 9.17) is 20.4 Å². The van der Waals surface area contributed by atoms with E-state index >= 15 is 0 Å². The van der Waals surface area contributed by atoms with E-state index in [0.29, 0.717) is 11.4 Å². The van der Waals surface area contributed by atoms with Crippen LogP contribution in [0.5, 0.6) is 0 Å². The minimum absolute atomic E-state index is 0.315. The molecular formula is C37H23N5S. The Bertz CT molecular complexity index is 2310. The Balaban J connectivity index is 1.34. The van der Waals surface area contributed by atoms with Crippen molar-refractivity contribution in [3.05, 3.63) is 132 Å². The van der Waals surface area contributed by atoms with E-state index in [1.54, 1.807) is 6.08 Å². The average molecular weight is 570 g/mol.